The molecule has 0 saturated heterocycles. The molecule has 0 aliphatic carbocycles. The van der Waals surface area contributed by atoms with E-state index in [1.54, 1.807) is 24.3 Å². The number of rotatable bonds is 7. The van der Waals surface area contributed by atoms with Gasteiger partial charge in [0.2, 0.25) is 0 Å². The Balaban J connectivity index is 1.94. The van der Waals surface area contributed by atoms with Crippen LogP contribution in [0.3, 0.4) is 0 Å². The van der Waals surface area contributed by atoms with Crippen LogP contribution in [0.1, 0.15) is 28.8 Å². The number of ketones is 1. The van der Waals surface area contributed by atoms with Gasteiger partial charge in [-0.2, -0.15) is 8.42 Å². The molecule has 1 aromatic heterocycles. The minimum atomic E-state index is -4.18. The molecule has 0 aliphatic heterocycles. The van der Waals surface area contributed by atoms with Crippen molar-refractivity contribution in [3.8, 4) is 0 Å². The van der Waals surface area contributed by atoms with Gasteiger partial charge in [-0.05, 0) is 30.2 Å². The van der Waals surface area contributed by atoms with E-state index in [2.05, 4.69) is 4.98 Å². The van der Waals surface area contributed by atoms with E-state index in [4.69, 9.17) is 21.9 Å². The number of hydrogen-bond donors (Lipinski definition) is 3. The molecule has 1 heterocycles. The molecule has 0 atom stereocenters. The lowest BCUT2D eigenvalue weighted by atomic mass is 9.97. The van der Waals surface area contributed by atoms with Crippen LogP contribution < -0.4 is 5.73 Å². The highest BCUT2D eigenvalue weighted by atomic mass is 35.5. The highest BCUT2D eigenvalue weighted by Crippen LogP contribution is 2.31. The second kappa shape index (κ2) is 7.30. The van der Waals surface area contributed by atoms with Crippen molar-refractivity contribution in [1.29, 1.82) is 0 Å². The first-order valence-corrected chi connectivity index (χ1v) is 10.1. The zero-order chi connectivity index (χ0) is 19.8. The van der Waals surface area contributed by atoms with E-state index in [-0.39, 0.29) is 25.0 Å². The first-order valence-electron chi connectivity index (χ1n) is 8.15. The number of halogens is 1. The minimum Gasteiger partial charge on any atom is -0.366 e. The summed E-state index contributed by atoms with van der Waals surface area (Å²) in [4.78, 5) is 27.1. The predicted molar refractivity (Wildman–Crippen MR) is 104 cm³/mol. The van der Waals surface area contributed by atoms with Crippen molar-refractivity contribution in [2.75, 3.05) is 5.75 Å². The maximum Gasteiger partial charge on any atom is 0.265 e. The molecule has 0 fully saturated rings. The summed E-state index contributed by atoms with van der Waals surface area (Å²) in [5.41, 5.74) is 7.83. The molecule has 1 amide bonds. The van der Waals surface area contributed by atoms with Crippen LogP contribution in [0.5, 0.6) is 0 Å². The van der Waals surface area contributed by atoms with Gasteiger partial charge < -0.3 is 10.7 Å². The number of H-pyrrole nitrogens is 1. The molecule has 0 unspecified atom stereocenters. The van der Waals surface area contributed by atoms with Crippen molar-refractivity contribution in [1.82, 2.24) is 4.98 Å². The highest BCUT2D eigenvalue weighted by Gasteiger charge is 2.18. The summed E-state index contributed by atoms with van der Waals surface area (Å²) < 4.78 is 30.2. The maximum atomic E-state index is 12.1. The van der Waals surface area contributed by atoms with Crippen molar-refractivity contribution in [2.24, 2.45) is 5.73 Å². The van der Waals surface area contributed by atoms with Crippen LogP contribution in [0.2, 0.25) is 5.02 Å². The van der Waals surface area contributed by atoms with Gasteiger partial charge in [0.25, 0.3) is 16.0 Å². The fraction of sp³-hybridized carbons (Fsp3) is 0.222. The monoisotopic (exact) mass is 408 g/mol. The van der Waals surface area contributed by atoms with Crippen LogP contribution in [-0.2, 0) is 21.3 Å². The van der Waals surface area contributed by atoms with Gasteiger partial charge in [-0.3, -0.25) is 14.1 Å². The molecule has 0 saturated carbocycles. The van der Waals surface area contributed by atoms with Gasteiger partial charge in [-0.25, -0.2) is 0 Å². The van der Waals surface area contributed by atoms with Crippen LogP contribution in [0, 0.1) is 0 Å². The lowest BCUT2D eigenvalue weighted by Gasteiger charge is -2.08. The van der Waals surface area contributed by atoms with E-state index in [9.17, 15) is 18.0 Å². The van der Waals surface area contributed by atoms with Gasteiger partial charge in [0.15, 0.2) is 0 Å². The van der Waals surface area contributed by atoms with Crippen molar-refractivity contribution < 1.29 is 22.6 Å². The third-order valence-electron chi connectivity index (χ3n) is 4.38. The van der Waals surface area contributed by atoms with Gasteiger partial charge in [-0.15, -0.1) is 0 Å². The Kier molecular flexibility index (Phi) is 5.23. The van der Waals surface area contributed by atoms with E-state index < -0.39 is 21.8 Å². The molecular formula is C18H17ClN2O5S. The molecule has 27 heavy (non-hydrogen) atoms. The second-order valence-electron chi connectivity index (χ2n) is 6.28. The molecule has 142 valence electrons. The first kappa shape index (κ1) is 19.3. The standard InChI is InChI=1S/C18H17ClN2O5S/c19-11-3-6-15-14(9-11)13-5-2-10(16(18(20)23)17(13)21-15)1-4-12(22)7-8-27(24,25)26/h2-3,5-6,9,21H,1,4,7-8H2,(H2,20,23)(H,24,25,26). The van der Waals surface area contributed by atoms with Gasteiger partial charge in [0.1, 0.15) is 5.78 Å². The lowest BCUT2D eigenvalue weighted by molar-refractivity contribution is -0.118. The Morgan fingerprint density at radius 2 is 1.85 bits per heavy atom. The second-order valence-corrected chi connectivity index (χ2v) is 8.28. The van der Waals surface area contributed by atoms with E-state index in [1.807, 2.05) is 6.07 Å². The molecule has 0 bridgehead atoms. The third-order valence-corrected chi connectivity index (χ3v) is 5.34. The van der Waals surface area contributed by atoms with Crippen molar-refractivity contribution in [3.63, 3.8) is 0 Å². The van der Waals surface area contributed by atoms with Gasteiger partial charge >= 0.3 is 0 Å². The minimum absolute atomic E-state index is 0.0351. The summed E-state index contributed by atoms with van der Waals surface area (Å²) in [5.74, 6) is -1.57. The van der Waals surface area contributed by atoms with Crippen LogP contribution in [0.25, 0.3) is 21.8 Å². The summed E-state index contributed by atoms with van der Waals surface area (Å²) in [7, 11) is -4.18. The topological polar surface area (TPSA) is 130 Å². The van der Waals surface area contributed by atoms with E-state index >= 15 is 0 Å². The maximum absolute atomic E-state index is 12.1. The average Bonchev–Trinajstić information content (AvgIpc) is 2.94. The smallest absolute Gasteiger partial charge is 0.265 e. The number of nitrogens with one attached hydrogen (secondary N) is 1. The number of hydrogen-bond acceptors (Lipinski definition) is 4. The number of aromatic nitrogens is 1. The van der Waals surface area contributed by atoms with Crippen LogP contribution in [-0.4, -0.2) is 35.4 Å². The predicted octanol–water partition coefficient (Wildman–Crippen LogP) is 2.85. The largest absolute Gasteiger partial charge is 0.366 e. The van der Waals surface area contributed by atoms with Crippen molar-refractivity contribution in [3.05, 3.63) is 46.5 Å². The fourth-order valence-electron chi connectivity index (χ4n) is 3.11. The van der Waals surface area contributed by atoms with Crippen LogP contribution in [0.4, 0.5) is 0 Å². The lowest BCUT2D eigenvalue weighted by Crippen LogP contribution is -2.16. The Bertz CT molecular complexity index is 1170. The summed E-state index contributed by atoms with van der Waals surface area (Å²) in [5, 5.41) is 2.22. The van der Waals surface area contributed by atoms with E-state index in [1.165, 1.54) is 0 Å². The van der Waals surface area contributed by atoms with Gasteiger partial charge in [0, 0.05) is 34.2 Å². The summed E-state index contributed by atoms with van der Waals surface area (Å²) in [6, 6.07) is 8.89. The number of nitrogens with two attached hydrogens (primary N) is 1. The number of carbonyl (C=O) groups is 2. The molecular weight excluding hydrogens is 392 g/mol. The van der Waals surface area contributed by atoms with Crippen molar-refractivity contribution in [2.45, 2.75) is 19.3 Å². The van der Waals surface area contributed by atoms with Gasteiger partial charge in [-0.1, -0.05) is 23.7 Å². The third kappa shape index (κ3) is 4.29. The fourth-order valence-corrected chi connectivity index (χ4v) is 3.77. The Morgan fingerprint density at radius 1 is 1.11 bits per heavy atom. The van der Waals surface area contributed by atoms with E-state index in [0.717, 1.165) is 16.3 Å². The molecule has 7 nitrogen and oxygen atoms in total. The first-order chi connectivity index (χ1) is 12.7. The quantitative estimate of drug-likeness (QED) is 0.517. The zero-order valence-electron chi connectivity index (χ0n) is 14.2. The van der Waals surface area contributed by atoms with Crippen LogP contribution >= 0.6 is 11.6 Å². The number of benzene rings is 2. The van der Waals surface area contributed by atoms with Crippen LogP contribution in [0.15, 0.2) is 30.3 Å². The molecule has 3 rings (SSSR count). The summed E-state index contributed by atoms with van der Waals surface area (Å²) in [6.07, 6.45) is -0.0140. The molecule has 0 spiro atoms. The summed E-state index contributed by atoms with van der Waals surface area (Å²) in [6.45, 7) is 0. The summed E-state index contributed by atoms with van der Waals surface area (Å²) >= 11 is 6.05. The number of carbonyl (C=O) groups excluding carboxylic acids is 2. The number of fused-ring (bicyclic) bond motifs is 3. The number of aryl methyl sites for hydroxylation is 1. The molecule has 0 radical (unpaired) electrons. The van der Waals surface area contributed by atoms with E-state index in [0.29, 0.717) is 21.7 Å². The molecule has 0 aliphatic rings. The Hall–Kier alpha value is -2.42. The molecule has 2 aromatic carbocycles. The normalized spacial score (nSPS) is 11.9. The number of Topliss-reactive ketones (excluding diaryl/α,β-unsaturated/α-hetero) is 1. The highest BCUT2D eigenvalue weighted by molar-refractivity contribution is 7.85. The number of aromatic amines is 1. The Labute approximate surface area is 160 Å². The molecule has 3 aromatic rings. The number of primary amides is 1. The molecule has 9 heteroatoms. The van der Waals surface area contributed by atoms with Gasteiger partial charge in [0.05, 0.1) is 16.8 Å². The zero-order valence-corrected chi connectivity index (χ0v) is 15.7. The SMILES string of the molecule is NC(=O)c1c(CCC(=O)CCS(=O)(=O)O)ccc2c1[nH]c1ccc(Cl)cc12. The van der Waals surface area contributed by atoms with Crippen molar-refractivity contribution >= 4 is 55.2 Å². The average molecular weight is 409 g/mol. The number of amides is 1. The Morgan fingerprint density at radius 3 is 2.52 bits per heavy atom. The molecule has 4 N–H and O–H groups in total.